The molecule has 184 valence electrons. The fourth-order valence-corrected chi connectivity index (χ4v) is 5.98. The van der Waals surface area contributed by atoms with Crippen molar-refractivity contribution < 1.29 is 23.2 Å². The molecular weight excluding hydrogens is 480 g/mol. The van der Waals surface area contributed by atoms with Crippen molar-refractivity contribution in [2.75, 3.05) is 0 Å². The number of nitrogens with one attached hydrogen (secondary N) is 1. The van der Waals surface area contributed by atoms with E-state index in [4.69, 9.17) is 4.74 Å². The Morgan fingerprint density at radius 1 is 1.14 bits per heavy atom. The Hall–Kier alpha value is -3.86. The molecule has 0 fully saturated rings. The van der Waals surface area contributed by atoms with E-state index >= 15 is 0 Å². The average molecular weight is 505 g/mol. The van der Waals surface area contributed by atoms with Crippen LogP contribution in [0.15, 0.2) is 77.8 Å². The maximum absolute atomic E-state index is 13.5. The maximum Gasteiger partial charge on any atom is 0.262 e. The molecule has 3 heterocycles. The minimum Gasteiger partial charge on any atom is -0.489 e. The summed E-state index contributed by atoms with van der Waals surface area (Å²) < 4.78 is 34.0. The van der Waals surface area contributed by atoms with Crippen LogP contribution in [0.25, 0.3) is 10.9 Å². The zero-order valence-corrected chi connectivity index (χ0v) is 20.3. The zero-order chi connectivity index (χ0) is 25.3. The van der Waals surface area contributed by atoms with Gasteiger partial charge in [0.1, 0.15) is 18.4 Å². The number of carbonyl (C=O) groups is 1. The summed E-state index contributed by atoms with van der Waals surface area (Å²) in [5.74, 6) is -0.296. The number of aryl methyl sites for hydroxylation is 1. The van der Waals surface area contributed by atoms with Crippen molar-refractivity contribution in [3.63, 3.8) is 0 Å². The number of hydrogen-bond acceptors (Lipinski definition) is 7. The number of nitrogens with zero attached hydrogens (tertiary/aromatic N) is 3. The molecule has 9 nitrogen and oxygen atoms in total. The molecule has 1 aliphatic heterocycles. The van der Waals surface area contributed by atoms with Crippen molar-refractivity contribution in [2.24, 2.45) is 0 Å². The highest BCUT2D eigenvalue weighted by Gasteiger charge is 2.40. The Balaban J connectivity index is 1.38. The van der Waals surface area contributed by atoms with Gasteiger partial charge >= 0.3 is 0 Å². The third-order valence-corrected chi connectivity index (χ3v) is 8.09. The van der Waals surface area contributed by atoms with E-state index in [-0.39, 0.29) is 17.9 Å². The van der Waals surface area contributed by atoms with Crippen LogP contribution in [0.5, 0.6) is 5.75 Å². The Morgan fingerprint density at radius 3 is 2.69 bits per heavy atom. The molecule has 2 N–H and O–H groups in total. The van der Waals surface area contributed by atoms with E-state index in [1.165, 1.54) is 12.1 Å². The molecule has 4 aromatic rings. The Bertz CT molecular complexity index is 1540. The number of rotatable bonds is 6. The van der Waals surface area contributed by atoms with Gasteiger partial charge in [-0.3, -0.25) is 20.0 Å². The predicted molar refractivity (Wildman–Crippen MR) is 132 cm³/mol. The summed E-state index contributed by atoms with van der Waals surface area (Å²) in [7, 11) is -4.07. The summed E-state index contributed by atoms with van der Waals surface area (Å²) in [6.07, 6.45) is 1.69. The molecule has 2 aromatic heterocycles. The number of para-hydroxylation sites is 1. The number of ether oxygens (including phenoxy) is 1. The van der Waals surface area contributed by atoms with E-state index < -0.39 is 22.0 Å². The van der Waals surface area contributed by atoms with Gasteiger partial charge in [0.2, 0.25) is 10.0 Å². The lowest BCUT2D eigenvalue weighted by atomic mass is 9.99. The van der Waals surface area contributed by atoms with Gasteiger partial charge in [0.25, 0.3) is 5.91 Å². The first-order valence-corrected chi connectivity index (χ1v) is 12.8. The molecule has 1 aliphatic rings. The number of pyridine rings is 2. The molecule has 0 radical (unpaired) electrons. The van der Waals surface area contributed by atoms with Gasteiger partial charge in [0.15, 0.2) is 0 Å². The van der Waals surface area contributed by atoms with Crippen LogP contribution < -0.4 is 10.2 Å². The van der Waals surface area contributed by atoms with Crippen molar-refractivity contribution >= 4 is 26.8 Å². The molecule has 0 saturated heterocycles. The second-order valence-corrected chi connectivity index (χ2v) is 10.4. The second-order valence-electron chi connectivity index (χ2n) is 8.56. The van der Waals surface area contributed by atoms with Crippen LogP contribution in [-0.2, 0) is 34.4 Å². The van der Waals surface area contributed by atoms with Crippen LogP contribution in [-0.4, -0.2) is 39.8 Å². The van der Waals surface area contributed by atoms with Gasteiger partial charge in [-0.25, -0.2) is 13.9 Å². The van der Waals surface area contributed by atoms with E-state index in [0.717, 1.165) is 32.0 Å². The van der Waals surface area contributed by atoms with Crippen molar-refractivity contribution in [3.8, 4) is 5.75 Å². The highest BCUT2D eigenvalue weighted by atomic mass is 32.2. The third kappa shape index (κ3) is 4.53. The summed E-state index contributed by atoms with van der Waals surface area (Å²) in [5.41, 5.74) is 5.67. The second kappa shape index (κ2) is 9.65. The quantitative estimate of drug-likeness (QED) is 0.306. The molecule has 0 aliphatic carbocycles. The molecule has 2 aromatic carbocycles. The topological polar surface area (TPSA) is 122 Å². The van der Waals surface area contributed by atoms with Gasteiger partial charge in [-0.15, -0.1) is 0 Å². The SMILES string of the molecule is Cc1cc(COc2ccc(S(=O)(=O)N3Cc4ncccc4CC3C(=O)NO)cc2)c2ccccc2n1. The van der Waals surface area contributed by atoms with Crippen molar-refractivity contribution in [3.05, 3.63) is 95.4 Å². The fourth-order valence-electron chi connectivity index (χ4n) is 4.44. The number of fused-ring (bicyclic) bond motifs is 2. The highest BCUT2D eigenvalue weighted by molar-refractivity contribution is 7.89. The highest BCUT2D eigenvalue weighted by Crippen LogP contribution is 2.29. The lowest BCUT2D eigenvalue weighted by Crippen LogP contribution is -2.52. The van der Waals surface area contributed by atoms with Crippen LogP contribution in [0.4, 0.5) is 0 Å². The number of carbonyl (C=O) groups excluding carboxylic acids is 1. The number of hydroxylamine groups is 1. The largest absolute Gasteiger partial charge is 0.489 e. The maximum atomic E-state index is 13.5. The number of benzene rings is 2. The smallest absolute Gasteiger partial charge is 0.262 e. The van der Waals surface area contributed by atoms with Crippen LogP contribution in [0.1, 0.15) is 22.5 Å². The van der Waals surface area contributed by atoms with Gasteiger partial charge in [-0.1, -0.05) is 24.3 Å². The van der Waals surface area contributed by atoms with Gasteiger partial charge in [-0.2, -0.15) is 4.31 Å². The minimum absolute atomic E-state index is 0.00942. The molecule has 1 atom stereocenters. The Kier molecular flexibility index (Phi) is 6.40. The molecule has 1 amide bonds. The van der Waals surface area contributed by atoms with Gasteiger partial charge in [-0.05, 0) is 61.4 Å². The summed E-state index contributed by atoms with van der Waals surface area (Å²) in [6.45, 7) is 2.14. The first-order valence-electron chi connectivity index (χ1n) is 11.3. The van der Waals surface area contributed by atoms with Crippen molar-refractivity contribution in [2.45, 2.75) is 37.4 Å². The van der Waals surface area contributed by atoms with Crippen LogP contribution in [0, 0.1) is 6.92 Å². The van der Waals surface area contributed by atoms with E-state index in [0.29, 0.717) is 18.1 Å². The van der Waals surface area contributed by atoms with E-state index in [1.54, 1.807) is 35.9 Å². The molecule has 0 saturated carbocycles. The molecule has 5 rings (SSSR count). The number of aromatic nitrogens is 2. The number of hydrogen-bond donors (Lipinski definition) is 2. The number of amides is 1. The first kappa shape index (κ1) is 23.9. The van der Waals surface area contributed by atoms with Crippen molar-refractivity contribution in [1.82, 2.24) is 19.8 Å². The van der Waals surface area contributed by atoms with Crippen molar-refractivity contribution in [1.29, 1.82) is 0 Å². The Labute approximate surface area is 208 Å². The molecule has 1 unspecified atom stereocenters. The van der Waals surface area contributed by atoms with E-state index in [9.17, 15) is 18.4 Å². The molecule has 36 heavy (non-hydrogen) atoms. The lowest BCUT2D eigenvalue weighted by molar-refractivity contribution is -0.133. The lowest BCUT2D eigenvalue weighted by Gasteiger charge is -2.33. The van der Waals surface area contributed by atoms with Crippen LogP contribution >= 0.6 is 0 Å². The normalized spacial score (nSPS) is 15.9. The standard InChI is InChI=1S/C26H24N4O5S/c1-17-13-19(22-6-2-3-7-23(22)28-17)16-35-20-8-10-21(11-9-20)36(33,34)30-15-24-18(5-4-12-27-24)14-25(30)26(31)29-32/h2-13,25,32H,14-16H2,1H3,(H,29,31). The van der Waals surface area contributed by atoms with Crippen LogP contribution in [0.2, 0.25) is 0 Å². The van der Waals surface area contributed by atoms with Gasteiger partial charge in [0, 0.05) is 22.8 Å². The summed E-state index contributed by atoms with van der Waals surface area (Å²) in [5, 5.41) is 10.2. The van der Waals surface area contributed by atoms with Gasteiger partial charge < -0.3 is 4.74 Å². The molecule has 10 heteroatoms. The first-order chi connectivity index (χ1) is 17.4. The Morgan fingerprint density at radius 2 is 1.92 bits per heavy atom. The average Bonchev–Trinajstić information content (AvgIpc) is 2.90. The van der Waals surface area contributed by atoms with Gasteiger partial charge in [0.05, 0.1) is 22.7 Å². The molecule has 0 spiro atoms. The molecule has 0 bridgehead atoms. The number of sulfonamides is 1. The monoisotopic (exact) mass is 504 g/mol. The summed E-state index contributed by atoms with van der Waals surface area (Å²) in [4.78, 5) is 21.2. The zero-order valence-electron chi connectivity index (χ0n) is 19.5. The molecular formula is C26H24N4O5S. The summed E-state index contributed by atoms with van der Waals surface area (Å²) in [6, 6.07) is 18.3. The van der Waals surface area contributed by atoms with Crippen LogP contribution in [0.3, 0.4) is 0 Å². The minimum atomic E-state index is -4.07. The predicted octanol–water partition coefficient (Wildman–Crippen LogP) is 3.14. The van der Waals surface area contributed by atoms with E-state index in [2.05, 4.69) is 9.97 Å². The van der Waals surface area contributed by atoms with E-state index in [1.807, 2.05) is 37.3 Å². The summed E-state index contributed by atoms with van der Waals surface area (Å²) >= 11 is 0. The third-order valence-electron chi connectivity index (χ3n) is 6.22. The fraction of sp³-hybridized carbons (Fsp3) is 0.192.